The van der Waals surface area contributed by atoms with E-state index >= 15 is 0 Å². The molecule has 0 unspecified atom stereocenters. The number of methoxy groups -OCH3 is 1. The summed E-state index contributed by atoms with van der Waals surface area (Å²) in [4.78, 5) is 24.2. The van der Waals surface area contributed by atoms with Crippen LogP contribution < -0.4 is 10.1 Å². The first-order chi connectivity index (χ1) is 14.0. The van der Waals surface area contributed by atoms with E-state index in [2.05, 4.69) is 10.4 Å². The number of carbonyl (C=O) groups excluding carboxylic acids is 2. The SMILES string of the molecule is COc1ccc(-c2cc(C(=O)NCC(=O)OC(C)C)nn2-c2ccccc2)cc1. The van der Waals surface area contributed by atoms with Gasteiger partial charge < -0.3 is 14.8 Å². The Labute approximate surface area is 169 Å². The van der Waals surface area contributed by atoms with Gasteiger partial charge in [-0.05, 0) is 56.3 Å². The first-order valence-electron chi connectivity index (χ1n) is 9.25. The number of nitrogens with zero attached hydrogens (tertiary/aromatic N) is 2. The van der Waals surface area contributed by atoms with Crippen molar-refractivity contribution in [3.05, 3.63) is 66.4 Å². The Morgan fingerprint density at radius 2 is 1.76 bits per heavy atom. The fraction of sp³-hybridized carbons (Fsp3) is 0.227. The van der Waals surface area contributed by atoms with Gasteiger partial charge in [-0.2, -0.15) is 5.10 Å². The number of para-hydroxylation sites is 1. The van der Waals surface area contributed by atoms with Gasteiger partial charge in [0.2, 0.25) is 0 Å². The highest BCUT2D eigenvalue weighted by atomic mass is 16.5. The van der Waals surface area contributed by atoms with Gasteiger partial charge in [0.25, 0.3) is 5.91 Å². The van der Waals surface area contributed by atoms with Crippen molar-refractivity contribution in [2.75, 3.05) is 13.7 Å². The van der Waals surface area contributed by atoms with Gasteiger partial charge in [-0.25, -0.2) is 4.68 Å². The molecule has 0 aliphatic carbocycles. The van der Waals surface area contributed by atoms with E-state index in [1.807, 2.05) is 54.6 Å². The average Bonchev–Trinajstić information content (AvgIpc) is 3.18. The summed E-state index contributed by atoms with van der Waals surface area (Å²) in [6.07, 6.45) is -0.238. The summed E-state index contributed by atoms with van der Waals surface area (Å²) in [6.45, 7) is 3.29. The second-order valence-corrected chi connectivity index (χ2v) is 6.61. The minimum Gasteiger partial charge on any atom is -0.497 e. The molecule has 0 spiro atoms. The molecule has 150 valence electrons. The van der Waals surface area contributed by atoms with Crippen molar-refractivity contribution in [3.8, 4) is 22.7 Å². The first kappa shape index (κ1) is 20.1. The molecule has 29 heavy (non-hydrogen) atoms. The van der Waals surface area contributed by atoms with Crippen LogP contribution in [0.5, 0.6) is 5.75 Å². The molecule has 1 amide bonds. The maximum Gasteiger partial charge on any atom is 0.325 e. The summed E-state index contributed by atoms with van der Waals surface area (Å²) >= 11 is 0. The lowest BCUT2D eigenvalue weighted by atomic mass is 10.1. The molecule has 0 fully saturated rings. The number of amides is 1. The van der Waals surface area contributed by atoms with Gasteiger partial charge >= 0.3 is 5.97 Å². The summed E-state index contributed by atoms with van der Waals surface area (Å²) < 4.78 is 11.9. The third-order valence-electron chi connectivity index (χ3n) is 4.09. The Morgan fingerprint density at radius 3 is 2.38 bits per heavy atom. The van der Waals surface area contributed by atoms with Crippen LogP contribution in [-0.2, 0) is 9.53 Å². The molecule has 7 heteroatoms. The number of esters is 1. The number of nitrogens with one attached hydrogen (secondary N) is 1. The smallest absolute Gasteiger partial charge is 0.325 e. The molecular formula is C22H23N3O4. The number of hydrogen-bond acceptors (Lipinski definition) is 5. The highest BCUT2D eigenvalue weighted by Gasteiger charge is 2.18. The lowest BCUT2D eigenvalue weighted by molar-refractivity contribution is -0.146. The van der Waals surface area contributed by atoms with E-state index in [0.29, 0.717) is 0 Å². The van der Waals surface area contributed by atoms with Crippen LogP contribution in [-0.4, -0.2) is 41.4 Å². The lowest BCUT2D eigenvalue weighted by Crippen LogP contribution is -2.32. The zero-order valence-electron chi connectivity index (χ0n) is 16.6. The Balaban J connectivity index is 1.90. The number of rotatable bonds is 7. The van der Waals surface area contributed by atoms with Crippen LogP contribution >= 0.6 is 0 Å². The van der Waals surface area contributed by atoms with Gasteiger partial charge in [0.1, 0.15) is 12.3 Å². The van der Waals surface area contributed by atoms with E-state index in [-0.39, 0.29) is 18.3 Å². The van der Waals surface area contributed by atoms with E-state index in [0.717, 1.165) is 22.7 Å². The Morgan fingerprint density at radius 1 is 1.07 bits per heavy atom. The van der Waals surface area contributed by atoms with Crippen molar-refractivity contribution in [1.82, 2.24) is 15.1 Å². The van der Waals surface area contributed by atoms with E-state index in [4.69, 9.17) is 9.47 Å². The summed E-state index contributed by atoms with van der Waals surface area (Å²) in [5, 5.41) is 7.02. The van der Waals surface area contributed by atoms with Crippen LogP contribution in [0.25, 0.3) is 16.9 Å². The zero-order valence-corrected chi connectivity index (χ0v) is 16.6. The molecule has 0 bridgehead atoms. The topological polar surface area (TPSA) is 82.4 Å². The van der Waals surface area contributed by atoms with Gasteiger partial charge in [-0.15, -0.1) is 0 Å². The van der Waals surface area contributed by atoms with Crippen molar-refractivity contribution < 1.29 is 19.1 Å². The van der Waals surface area contributed by atoms with Crippen LogP contribution in [0.4, 0.5) is 0 Å². The average molecular weight is 393 g/mol. The van der Waals surface area contributed by atoms with Crippen molar-refractivity contribution in [1.29, 1.82) is 0 Å². The summed E-state index contributed by atoms with van der Waals surface area (Å²) in [6, 6.07) is 18.7. The third-order valence-corrected chi connectivity index (χ3v) is 4.09. The van der Waals surface area contributed by atoms with Crippen molar-refractivity contribution in [2.45, 2.75) is 20.0 Å². The fourth-order valence-electron chi connectivity index (χ4n) is 2.77. The van der Waals surface area contributed by atoms with Crippen molar-refractivity contribution in [2.24, 2.45) is 0 Å². The van der Waals surface area contributed by atoms with Crippen LogP contribution in [0.3, 0.4) is 0 Å². The Hall–Kier alpha value is -3.61. The quantitative estimate of drug-likeness (QED) is 0.623. The van der Waals surface area contributed by atoms with Crippen LogP contribution in [0.15, 0.2) is 60.7 Å². The summed E-state index contributed by atoms with van der Waals surface area (Å²) in [5.74, 6) is -0.206. The maximum absolute atomic E-state index is 12.5. The second kappa shape index (κ2) is 9.05. The zero-order chi connectivity index (χ0) is 20.8. The van der Waals surface area contributed by atoms with Gasteiger partial charge in [0, 0.05) is 5.56 Å². The molecule has 0 aliphatic rings. The fourth-order valence-corrected chi connectivity index (χ4v) is 2.77. The molecular weight excluding hydrogens is 370 g/mol. The van der Waals surface area contributed by atoms with Crippen molar-refractivity contribution in [3.63, 3.8) is 0 Å². The predicted molar refractivity (Wildman–Crippen MR) is 109 cm³/mol. The monoisotopic (exact) mass is 393 g/mol. The number of ether oxygens (including phenoxy) is 2. The number of carbonyl (C=O) groups is 2. The summed E-state index contributed by atoms with van der Waals surface area (Å²) in [7, 11) is 1.61. The summed E-state index contributed by atoms with van der Waals surface area (Å²) in [5.41, 5.74) is 2.64. The predicted octanol–water partition coefficient (Wildman–Crippen LogP) is 3.23. The van der Waals surface area contributed by atoms with Gasteiger partial charge in [0.05, 0.1) is 24.6 Å². The molecule has 0 aliphatic heterocycles. The molecule has 1 aromatic heterocycles. The molecule has 0 saturated heterocycles. The van der Waals surface area contributed by atoms with Crippen LogP contribution in [0.2, 0.25) is 0 Å². The van der Waals surface area contributed by atoms with Gasteiger partial charge in [-0.3, -0.25) is 9.59 Å². The molecule has 1 heterocycles. The van der Waals surface area contributed by atoms with E-state index in [9.17, 15) is 9.59 Å². The Kier molecular flexibility index (Phi) is 6.29. The van der Waals surface area contributed by atoms with Crippen LogP contribution in [0, 0.1) is 0 Å². The Bertz CT molecular complexity index is 979. The minimum absolute atomic E-state index is 0.206. The minimum atomic E-state index is -0.494. The molecule has 1 N–H and O–H groups in total. The largest absolute Gasteiger partial charge is 0.497 e. The van der Waals surface area contributed by atoms with Gasteiger partial charge in [-0.1, -0.05) is 18.2 Å². The molecule has 3 aromatic rings. The molecule has 0 radical (unpaired) electrons. The molecule has 7 nitrogen and oxygen atoms in total. The normalized spacial score (nSPS) is 10.6. The standard InChI is InChI=1S/C22H23N3O4/c1-15(2)29-21(26)14-23-22(27)19-13-20(16-9-11-18(28-3)12-10-16)25(24-19)17-7-5-4-6-8-17/h4-13,15H,14H2,1-3H3,(H,23,27). The van der Waals surface area contributed by atoms with Gasteiger partial charge in [0.15, 0.2) is 5.69 Å². The van der Waals surface area contributed by atoms with Crippen LogP contribution in [0.1, 0.15) is 24.3 Å². The van der Waals surface area contributed by atoms with E-state index in [1.165, 1.54) is 0 Å². The van der Waals surface area contributed by atoms with E-state index in [1.54, 1.807) is 31.7 Å². The highest BCUT2D eigenvalue weighted by Crippen LogP contribution is 2.26. The molecule has 2 aromatic carbocycles. The highest BCUT2D eigenvalue weighted by molar-refractivity contribution is 5.95. The first-order valence-corrected chi connectivity index (χ1v) is 9.25. The molecule has 0 atom stereocenters. The number of hydrogen-bond donors (Lipinski definition) is 1. The number of benzene rings is 2. The third kappa shape index (κ3) is 5.01. The maximum atomic E-state index is 12.5. The second-order valence-electron chi connectivity index (χ2n) is 6.61. The van der Waals surface area contributed by atoms with Crippen molar-refractivity contribution >= 4 is 11.9 Å². The van der Waals surface area contributed by atoms with E-state index < -0.39 is 11.9 Å². The molecule has 0 saturated carbocycles. The lowest BCUT2D eigenvalue weighted by Gasteiger charge is -2.08. The number of aromatic nitrogens is 2. The molecule has 3 rings (SSSR count).